The molecule has 9 nitrogen and oxygen atoms in total. The van der Waals surface area contributed by atoms with Crippen LogP contribution in [0, 0.1) is 6.92 Å². The molecule has 2 rings (SSSR count). The van der Waals surface area contributed by atoms with Crippen molar-refractivity contribution in [1.82, 2.24) is 9.62 Å². The second-order valence-electron chi connectivity index (χ2n) is 6.02. The predicted molar refractivity (Wildman–Crippen MR) is 91.4 cm³/mol. The van der Waals surface area contributed by atoms with Crippen LogP contribution in [0.25, 0.3) is 0 Å². The Morgan fingerprint density at radius 3 is 2.46 bits per heavy atom. The molecule has 0 unspecified atom stereocenters. The number of primary amides is 1. The number of amides is 3. The lowest BCUT2D eigenvalue weighted by Crippen LogP contribution is -2.46. The first kappa shape index (κ1) is 19.9. The number of ether oxygens (including phenoxy) is 1. The average Bonchev–Trinajstić information content (AvgIpc) is 3.05. The van der Waals surface area contributed by atoms with Gasteiger partial charge in [-0.15, -0.1) is 0 Å². The van der Waals surface area contributed by atoms with Gasteiger partial charge in [0.15, 0.2) is 6.10 Å². The Labute approximate surface area is 151 Å². The van der Waals surface area contributed by atoms with Gasteiger partial charge in [0, 0.05) is 6.54 Å². The van der Waals surface area contributed by atoms with E-state index < -0.39 is 40.1 Å². The summed E-state index contributed by atoms with van der Waals surface area (Å²) in [6.45, 7) is 3.28. The van der Waals surface area contributed by atoms with Gasteiger partial charge in [0.25, 0.3) is 5.91 Å². The third kappa shape index (κ3) is 4.38. The predicted octanol–water partition coefficient (Wildman–Crippen LogP) is 0.275. The summed E-state index contributed by atoms with van der Waals surface area (Å²) in [5.41, 5.74) is 5.75. The standard InChI is InChI=1S/C16H21N3O6S/c1-10-5-7-12(8-6-10)26(23,24)19-9-3-4-13(19)15(21)25-11(2)14(20)18-16(17)22/h5-8,11,13H,3-4,9H2,1-2H3,(H3,17,18,20,22)/t11-,13-/m0/s1. The van der Waals surface area contributed by atoms with Crippen molar-refractivity contribution in [1.29, 1.82) is 0 Å². The molecule has 142 valence electrons. The highest BCUT2D eigenvalue weighted by atomic mass is 32.2. The molecule has 26 heavy (non-hydrogen) atoms. The number of carbonyl (C=O) groups is 3. The van der Waals surface area contributed by atoms with Crippen LogP contribution in [-0.2, 0) is 24.3 Å². The molecule has 0 saturated carbocycles. The van der Waals surface area contributed by atoms with E-state index >= 15 is 0 Å². The number of benzene rings is 1. The van der Waals surface area contributed by atoms with Crippen molar-refractivity contribution in [3.63, 3.8) is 0 Å². The van der Waals surface area contributed by atoms with E-state index in [9.17, 15) is 22.8 Å². The number of nitrogens with zero attached hydrogens (tertiary/aromatic N) is 1. The number of hydrogen-bond donors (Lipinski definition) is 2. The number of urea groups is 1. The van der Waals surface area contributed by atoms with Crippen LogP contribution in [-0.4, -0.2) is 49.3 Å². The number of aryl methyl sites for hydroxylation is 1. The summed E-state index contributed by atoms with van der Waals surface area (Å²) < 4.78 is 31.7. The van der Waals surface area contributed by atoms with Crippen molar-refractivity contribution in [3.8, 4) is 0 Å². The smallest absolute Gasteiger partial charge is 0.325 e. The molecule has 0 spiro atoms. The van der Waals surface area contributed by atoms with Crippen molar-refractivity contribution >= 4 is 27.9 Å². The highest BCUT2D eigenvalue weighted by molar-refractivity contribution is 7.89. The van der Waals surface area contributed by atoms with Gasteiger partial charge in [0.1, 0.15) is 6.04 Å². The van der Waals surface area contributed by atoms with Crippen LogP contribution in [0.2, 0.25) is 0 Å². The summed E-state index contributed by atoms with van der Waals surface area (Å²) >= 11 is 0. The maximum atomic E-state index is 12.8. The molecule has 1 aliphatic heterocycles. The first-order chi connectivity index (χ1) is 12.1. The van der Waals surface area contributed by atoms with E-state index in [4.69, 9.17) is 10.5 Å². The average molecular weight is 383 g/mol. The second kappa shape index (κ2) is 7.83. The number of sulfonamides is 1. The normalized spacial score (nSPS) is 18.9. The molecule has 1 aromatic rings. The largest absolute Gasteiger partial charge is 0.451 e. The van der Waals surface area contributed by atoms with Crippen LogP contribution in [0.3, 0.4) is 0 Å². The van der Waals surface area contributed by atoms with Crippen molar-refractivity contribution in [2.45, 2.75) is 43.7 Å². The van der Waals surface area contributed by atoms with E-state index in [0.29, 0.717) is 6.42 Å². The Morgan fingerprint density at radius 2 is 1.88 bits per heavy atom. The maximum absolute atomic E-state index is 12.8. The second-order valence-corrected chi connectivity index (χ2v) is 7.91. The highest BCUT2D eigenvalue weighted by Gasteiger charge is 2.41. The summed E-state index contributed by atoms with van der Waals surface area (Å²) in [5.74, 6) is -1.72. The van der Waals surface area contributed by atoms with Gasteiger partial charge in [-0.05, 0) is 38.8 Å². The molecule has 1 aromatic carbocycles. The monoisotopic (exact) mass is 383 g/mol. The highest BCUT2D eigenvalue weighted by Crippen LogP contribution is 2.27. The number of imide groups is 1. The molecular formula is C16H21N3O6S. The molecule has 10 heteroatoms. The third-order valence-corrected chi connectivity index (χ3v) is 5.93. The van der Waals surface area contributed by atoms with Crippen molar-refractivity contribution < 1.29 is 27.5 Å². The van der Waals surface area contributed by atoms with E-state index in [1.807, 2.05) is 6.92 Å². The number of nitrogens with two attached hydrogens (primary N) is 1. The van der Waals surface area contributed by atoms with Gasteiger partial charge in [0.05, 0.1) is 4.90 Å². The topological polar surface area (TPSA) is 136 Å². The Hall–Kier alpha value is -2.46. The van der Waals surface area contributed by atoms with E-state index in [1.54, 1.807) is 17.4 Å². The molecule has 1 aliphatic rings. The molecule has 0 radical (unpaired) electrons. The Kier molecular flexibility index (Phi) is 5.98. The molecule has 1 saturated heterocycles. The summed E-state index contributed by atoms with van der Waals surface area (Å²) in [6, 6.07) is 4.22. The van der Waals surface area contributed by atoms with E-state index in [0.717, 1.165) is 9.87 Å². The number of carbonyl (C=O) groups excluding carboxylic acids is 3. The van der Waals surface area contributed by atoms with Crippen molar-refractivity contribution in [3.05, 3.63) is 29.8 Å². The fourth-order valence-corrected chi connectivity index (χ4v) is 4.29. The molecular weight excluding hydrogens is 362 g/mol. The third-order valence-electron chi connectivity index (χ3n) is 4.01. The van der Waals surface area contributed by atoms with Crippen molar-refractivity contribution in [2.75, 3.05) is 6.54 Å². The first-order valence-corrected chi connectivity index (χ1v) is 9.46. The molecule has 1 heterocycles. The lowest BCUT2D eigenvalue weighted by molar-refractivity contribution is -0.157. The van der Waals surface area contributed by atoms with Crippen LogP contribution < -0.4 is 11.1 Å². The number of rotatable bonds is 5. The zero-order valence-electron chi connectivity index (χ0n) is 14.5. The minimum absolute atomic E-state index is 0.0855. The summed E-state index contributed by atoms with van der Waals surface area (Å²) in [7, 11) is -3.87. The number of nitrogens with one attached hydrogen (secondary N) is 1. The quantitative estimate of drug-likeness (QED) is 0.701. The molecule has 2 atom stereocenters. The van der Waals surface area contributed by atoms with Gasteiger partial charge in [-0.3, -0.25) is 14.9 Å². The van der Waals surface area contributed by atoms with Gasteiger partial charge in [0.2, 0.25) is 10.0 Å². The lowest BCUT2D eigenvalue weighted by atomic mass is 10.2. The Morgan fingerprint density at radius 1 is 1.27 bits per heavy atom. The molecule has 0 aliphatic carbocycles. The Balaban J connectivity index is 2.14. The minimum atomic E-state index is -3.87. The van der Waals surface area contributed by atoms with Gasteiger partial charge in [-0.2, -0.15) is 4.31 Å². The van der Waals surface area contributed by atoms with Crippen LogP contribution >= 0.6 is 0 Å². The number of hydrogen-bond acceptors (Lipinski definition) is 6. The van der Waals surface area contributed by atoms with E-state index in [-0.39, 0.29) is 17.9 Å². The minimum Gasteiger partial charge on any atom is -0.451 e. The molecule has 3 N–H and O–H groups in total. The Bertz CT molecular complexity index is 806. The SMILES string of the molecule is Cc1ccc(S(=O)(=O)N2CCC[C@H]2C(=O)O[C@@H](C)C(=O)NC(N)=O)cc1. The van der Waals surface area contributed by atoms with E-state index in [1.165, 1.54) is 19.1 Å². The van der Waals surface area contributed by atoms with Gasteiger partial charge in [-0.25, -0.2) is 13.2 Å². The fourth-order valence-electron chi connectivity index (χ4n) is 2.64. The zero-order valence-corrected chi connectivity index (χ0v) is 15.3. The van der Waals surface area contributed by atoms with Crippen LogP contribution in [0.15, 0.2) is 29.2 Å². The van der Waals surface area contributed by atoms with E-state index in [2.05, 4.69) is 0 Å². The first-order valence-electron chi connectivity index (χ1n) is 8.02. The van der Waals surface area contributed by atoms with Gasteiger partial charge in [-0.1, -0.05) is 17.7 Å². The van der Waals surface area contributed by atoms with Crippen LogP contribution in [0.5, 0.6) is 0 Å². The summed E-state index contributed by atoms with van der Waals surface area (Å²) in [5, 5.41) is 1.80. The molecule has 0 bridgehead atoms. The lowest BCUT2D eigenvalue weighted by Gasteiger charge is -2.24. The number of esters is 1. The summed E-state index contributed by atoms with van der Waals surface area (Å²) in [6.07, 6.45) is -0.500. The van der Waals surface area contributed by atoms with Crippen molar-refractivity contribution in [2.24, 2.45) is 5.73 Å². The van der Waals surface area contributed by atoms with Crippen LogP contribution in [0.1, 0.15) is 25.3 Å². The fraction of sp³-hybridized carbons (Fsp3) is 0.438. The zero-order chi connectivity index (χ0) is 19.5. The molecule has 0 aromatic heterocycles. The van der Waals surface area contributed by atoms with Gasteiger partial charge < -0.3 is 10.5 Å². The summed E-state index contributed by atoms with van der Waals surface area (Å²) in [4.78, 5) is 34.7. The van der Waals surface area contributed by atoms with Crippen LogP contribution in [0.4, 0.5) is 4.79 Å². The molecule has 1 fully saturated rings. The van der Waals surface area contributed by atoms with Gasteiger partial charge >= 0.3 is 12.0 Å². The maximum Gasteiger partial charge on any atom is 0.325 e. The molecule has 3 amide bonds.